The minimum absolute atomic E-state index is 0.000579. The summed E-state index contributed by atoms with van der Waals surface area (Å²) >= 11 is 0. The van der Waals surface area contributed by atoms with Crippen LogP contribution in [0.15, 0.2) is 18.2 Å². The largest absolute Gasteiger partial charge is 0.493 e. The van der Waals surface area contributed by atoms with E-state index in [1.807, 2.05) is 6.07 Å². The van der Waals surface area contributed by atoms with E-state index in [0.717, 1.165) is 0 Å². The van der Waals surface area contributed by atoms with E-state index in [4.69, 9.17) is 15.3 Å². The first-order valence-corrected chi connectivity index (χ1v) is 4.47. The standard InChI is InChI=1S/C11H9FN2O/c12-11-7-10(4-3-9(11)8-14)15-6-2-1-5-13/h3-4,7H,1-2,6H2. The van der Waals surface area contributed by atoms with Crippen molar-refractivity contribution in [2.24, 2.45) is 0 Å². The first-order valence-electron chi connectivity index (χ1n) is 4.47. The molecule has 4 heteroatoms. The Labute approximate surface area is 87.3 Å². The number of ether oxygens (including phenoxy) is 1. The van der Waals surface area contributed by atoms with Crippen molar-refractivity contribution in [3.63, 3.8) is 0 Å². The maximum Gasteiger partial charge on any atom is 0.144 e. The number of halogens is 1. The van der Waals surface area contributed by atoms with Gasteiger partial charge in [-0.3, -0.25) is 0 Å². The Balaban J connectivity index is 2.54. The quantitative estimate of drug-likeness (QED) is 0.707. The summed E-state index contributed by atoms with van der Waals surface area (Å²) in [6.45, 7) is 0.374. The lowest BCUT2D eigenvalue weighted by atomic mass is 10.2. The van der Waals surface area contributed by atoms with Gasteiger partial charge < -0.3 is 4.74 Å². The van der Waals surface area contributed by atoms with Crippen LogP contribution in [0.3, 0.4) is 0 Å². The summed E-state index contributed by atoms with van der Waals surface area (Å²) in [7, 11) is 0. The lowest BCUT2D eigenvalue weighted by Crippen LogP contribution is -1.97. The highest BCUT2D eigenvalue weighted by atomic mass is 19.1. The molecule has 0 aliphatic carbocycles. The van der Waals surface area contributed by atoms with Crippen molar-refractivity contribution in [3.8, 4) is 17.9 Å². The maximum atomic E-state index is 13.1. The predicted octanol–water partition coefficient (Wildman–Crippen LogP) is 2.38. The number of unbranched alkanes of at least 4 members (excludes halogenated alkanes) is 1. The molecule has 0 aliphatic rings. The van der Waals surface area contributed by atoms with E-state index in [9.17, 15) is 4.39 Å². The number of benzene rings is 1. The van der Waals surface area contributed by atoms with Crippen molar-refractivity contribution in [1.29, 1.82) is 10.5 Å². The Morgan fingerprint density at radius 3 is 2.73 bits per heavy atom. The molecule has 0 amide bonds. The Hall–Kier alpha value is -2.07. The van der Waals surface area contributed by atoms with Crippen molar-refractivity contribution in [2.45, 2.75) is 12.8 Å². The molecule has 0 saturated heterocycles. The lowest BCUT2D eigenvalue weighted by molar-refractivity contribution is 0.311. The van der Waals surface area contributed by atoms with Crippen LogP contribution in [0.2, 0.25) is 0 Å². The maximum absolute atomic E-state index is 13.1. The molecule has 3 nitrogen and oxygen atoms in total. The van der Waals surface area contributed by atoms with Gasteiger partial charge >= 0.3 is 0 Å². The van der Waals surface area contributed by atoms with Gasteiger partial charge in [-0.2, -0.15) is 10.5 Å². The highest BCUT2D eigenvalue weighted by Crippen LogP contribution is 2.16. The average molecular weight is 204 g/mol. The predicted molar refractivity (Wildman–Crippen MR) is 51.5 cm³/mol. The second-order valence-electron chi connectivity index (χ2n) is 2.86. The molecule has 0 heterocycles. The molecule has 0 radical (unpaired) electrons. The molecular formula is C11H9FN2O. The van der Waals surface area contributed by atoms with Gasteiger partial charge in [0.2, 0.25) is 0 Å². The van der Waals surface area contributed by atoms with Crippen molar-refractivity contribution >= 4 is 0 Å². The van der Waals surface area contributed by atoms with Crippen LogP contribution >= 0.6 is 0 Å². The van der Waals surface area contributed by atoms with E-state index in [1.54, 1.807) is 6.07 Å². The van der Waals surface area contributed by atoms with Gasteiger partial charge in [0.25, 0.3) is 0 Å². The molecule has 15 heavy (non-hydrogen) atoms. The monoisotopic (exact) mass is 204 g/mol. The number of hydrogen-bond donors (Lipinski definition) is 0. The summed E-state index contributed by atoms with van der Waals surface area (Å²) < 4.78 is 18.3. The molecule has 1 aromatic rings. The highest BCUT2D eigenvalue weighted by molar-refractivity contribution is 5.36. The molecule has 0 N–H and O–H groups in total. The highest BCUT2D eigenvalue weighted by Gasteiger charge is 2.02. The van der Waals surface area contributed by atoms with Crippen molar-refractivity contribution in [2.75, 3.05) is 6.61 Å². The third-order valence-electron chi connectivity index (χ3n) is 1.76. The van der Waals surface area contributed by atoms with Crippen molar-refractivity contribution in [3.05, 3.63) is 29.6 Å². The van der Waals surface area contributed by atoms with Crippen LogP contribution in [-0.4, -0.2) is 6.61 Å². The van der Waals surface area contributed by atoms with Crippen LogP contribution in [0.4, 0.5) is 4.39 Å². The zero-order chi connectivity index (χ0) is 11.1. The Bertz CT molecular complexity index is 418. The van der Waals surface area contributed by atoms with Crippen LogP contribution < -0.4 is 4.74 Å². The van der Waals surface area contributed by atoms with Crippen molar-refractivity contribution < 1.29 is 9.13 Å². The van der Waals surface area contributed by atoms with Gasteiger partial charge in [0.1, 0.15) is 17.6 Å². The van der Waals surface area contributed by atoms with Crippen LogP contribution in [0.1, 0.15) is 18.4 Å². The van der Waals surface area contributed by atoms with Crippen LogP contribution in [0, 0.1) is 28.5 Å². The number of nitriles is 2. The number of hydrogen-bond acceptors (Lipinski definition) is 3. The van der Waals surface area contributed by atoms with Gasteiger partial charge in [-0.25, -0.2) is 4.39 Å². The van der Waals surface area contributed by atoms with Gasteiger partial charge in [0, 0.05) is 12.5 Å². The SMILES string of the molecule is N#CCCCOc1ccc(C#N)c(F)c1. The first-order chi connectivity index (χ1) is 7.27. The minimum Gasteiger partial charge on any atom is -0.493 e. The summed E-state index contributed by atoms with van der Waals surface area (Å²) in [6, 6.07) is 7.79. The summed E-state index contributed by atoms with van der Waals surface area (Å²) in [6.07, 6.45) is 1.02. The third kappa shape index (κ3) is 3.28. The number of rotatable bonds is 4. The second-order valence-corrected chi connectivity index (χ2v) is 2.86. The van der Waals surface area contributed by atoms with Gasteiger partial charge in [-0.05, 0) is 18.6 Å². The molecule has 0 fully saturated rings. The summed E-state index contributed by atoms with van der Waals surface area (Å²) in [4.78, 5) is 0. The number of nitrogens with zero attached hydrogens (tertiary/aromatic N) is 2. The van der Waals surface area contributed by atoms with E-state index in [2.05, 4.69) is 0 Å². The molecule has 0 aromatic heterocycles. The smallest absolute Gasteiger partial charge is 0.144 e. The van der Waals surface area contributed by atoms with E-state index in [0.29, 0.717) is 25.2 Å². The topological polar surface area (TPSA) is 56.8 Å². The van der Waals surface area contributed by atoms with Gasteiger partial charge in [-0.15, -0.1) is 0 Å². The van der Waals surface area contributed by atoms with Gasteiger partial charge in [-0.1, -0.05) is 0 Å². The third-order valence-corrected chi connectivity index (χ3v) is 1.76. The van der Waals surface area contributed by atoms with Gasteiger partial charge in [0.05, 0.1) is 18.2 Å². The molecule has 0 saturated carbocycles. The average Bonchev–Trinajstić information content (AvgIpc) is 2.25. The molecule has 0 atom stereocenters. The fourth-order valence-corrected chi connectivity index (χ4v) is 1.02. The minimum atomic E-state index is -0.588. The molecule has 0 unspecified atom stereocenters. The van der Waals surface area contributed by atoms with E-state index in [1.165, 1.54) is 18.2 Å². The van der Waals surface area contributed by atoms with Crippen LogP contribution in [0.25, 0.3) is 0 Å². The van der Waals surface area contributed by atoms with Gasteiger partial charge in [0.15, 0.2) is 0 Å². The van der Waals surface area contributed by atoms with E-state index < -0.39 is 5.82 Å². The zero-order valence-corrected chi connectivity index (χ0v) is 8.03. The fourth-order valence-electron chi connectivity index (χ4n) is 1.02. The molecule has 0 spiro atoms. The summed E-state index contributed by atoms with van der Waals surface area (Å²) in [5.74, 6) is -0.209. The normalized spacial score (nSPS) is 9.00. The molecule has 0 bridgehead atoms. The molecule has 0 aliphatic heterocycles. The zero-order valence-electron chi connectivity index (χ0n) is 8.03. The molecule has 76 valence electrons. The molecule has 1 rings (SSSR count). The summed E-state index contributed by atoms with van der Waals surface area (Å²) in [5.41, 5.74) is -0.000579. The van der Waals surface area contributed by atoms with Crippen molar-refractivity contribution in [1.82, 2.24) is 0 Å². The van der Waals surface area contributed by atoms with E-state index >= 15 is 0 Å². The molecule has 1 aromatic carbocycles. The Morgan fingerprint density at radius 2 is 2.13 bits per heavy atom. The second kappa shape index (κ2) is 5.62. The van der Waals surface area contributed by atoms with Crippen LogP contribution in [-0.2, 0) is 0 Å². The lowest BCUT2D eigenvalue weighted by Gasteiger charge is -2.04. The summed E-state index contributed by atoms with van der Waals surface area (Å²) in [5, 5.41) is 16.8. The molecular weight excluding hydrogens is 195 g/mol. The van der Waals surface area contributed by atoms with Crippen LogP contribution in [0.5, 0.6) is 5.75 Å². The Morgan fingerprint density at radius 1 is 1.33 bits per heavy atom. The van der Waals surface area contributed by atoms with E-state index in [-0.39, 0.29) is 5.56 Å². The first kappa shape index (κ1) is 11.0. The fraction of sp³-hybridized carbons (Fsp3) is 0.273. The Kier molecular flexibility index (Phi) is 4.12.